The fraction of sp³-hybridized carbons (Fsp3) is 0.625. The Kier molecular flexibility index (Phi) is 3.77. The quantitative estimate of drug-likeness (QED) is 0.908. The van der Waals surface area contributed by atoms with E-state index in [1.807, 2.05) is 6.07 Å². The average Bonchev–Trinajstić information content (AvgIpc) is 2.41. The summed E-state index contributed by atoms with van der Waals surface area (Å²) >= 11 is 0. The van der Waals surface area contributed by atoms with Crippen LogP contribution in [0.15, 0.2) is 18.2 Å². The van der Waals surface area contributed by atoms with Crippen LogP contribution in [0.2, 0.25) is 0 Å². The largest absolute Gasteiger partial charge is 0.497 e. The number of rotatable bonds is 3. The molecule has 0 heterocycles. The molecule has 1 atom stereocenters. The first-order valence-electron chi connectivity index (χ1n) is 6.95. The van der Waals surface area contributed by atoms with E-state index in [0.717, 1.165) is 29.9 Å². The van der Waals surface area contributed by atoms with Crippen LogP contribution in [0, 0.1) is 5.41 Å². The van der Waals surface area contributed by atoms with Crippen molar-refractivity contribution in [3.05, 3.63) is 23.8 Å². The second-order valence-corrected chi connectivity index (χ2v) is 6.16. The van der Waals surface area contributed by atoms with Crippen LogP contribution in [0.1, 0.15) is 45.1 Å². The Morgan fingerprint density at radius 2 is 1.47 bits per heavy atom. The second kappa shape index (κ2) is 5.04. The lowest BCUT2D eigenvalue weighted by molar-refractivity contribution is 0.0974. The maximum absolute atomic E-state index is 6.79. The van der Waals surface area contributed by atoms with Gasteiger partial charge in [0.15, 0.2) is 0 Å². The molecule has 0 aliphatic heterocycles. The summed E-state index contributed by atoms with van der Waals surface area (Å²) in [6, 6.07) is 5.99. The summed E-state index contributed by atoms with van der Waals surface area (Å²) in [7, 11) is 3.35. The molecule has 1 aliphatic rings. The highest BCUT2D eigenvalue weighted by atomic mass is 16.5. The van der Waals surface area contributed by atoms with Gasteiger partial charge in [-0.15, -0.1) is 0 Å². The number of methoxy groups -OCH3 is 2. The minimum Gasteiger partial charge on any atom is -0.497 e. The van der Waals surface area contributed by atoms with E-state index in [1.54, 1.807) is 14.2 Å². The van der Waals surface area contributed by atoms with Crippen molar-refractivity contribution in [3.8, 4) is 11.5 Å². The van der Waals surface area contributed by atoms with E-state index in [4.69, 9.17) is 15.2 Å². The first-order valence-corrected chi connectivity index (χ1v) is 6.95. The molecule has 3 heteroatoms. The molecule has 1 aliphatic carbocycles. The van der Waals surface area contributed by atoms with Crippen molar-refractivity contribution in [3.63, 3.8) is 0 Å². The van der Waals surface area contributed by atoms with Gasteiger partial charge in [0.1, 0.15) is 11.5 Å². The molecule has 2 rings (SSSR count). The van der Waals surface area contributed by atoms with Gasteiger partial charge in [0, 0.05) is 11.6 Å². The Labute approximate surface area is 116 Å². The minimum absolute atomic E-state index is 0.0859. The highest BCUT2D eigenvalue weighted by molar-refractivity contribution is 5.42. The van der Waals surface area contributed by atoms with Crippen LogP contribution in [0.25, 0.3) is 0 Å². The molecule has 1 unspecified atom stereocenters. The lowest BCUT2D eigenvalue weighted by Gasteiger charge is -2.48. The van der Waals surface area contributed by atoms with E-state index in [2.05, 4.69) is 26.0 Å². The first-order chi connectivity index (χ1) is 8.93. The summed E-state index contributed by atoms with van der Waals surface area (Å²) in [5.74, 6) is 1.61. The van der Waals surface area contributed by atoms with Crippen molar-refractivity contribution < 1.29 is 9.47 Å². The van der Waals surface area contributed by atoms with E-state index < -0.39 is 0 Å². The Morgan fingerprint density at radius 3 is 1.95 bits per heavy atom. The van der Waals surface area contributed by atoms with Crippen LogP contribution in [0.3, 0.4) is 0 Å². The highest BCUT2D eigenvalue weighted by Gasteiger charge is 2.45. The minimum atomic E-state index is -0.312. The molecule has 0 radical (unpaired) electrons. The normalized spacial score (nSPS) is 25.9. The van der Waals surface area contributed by atoms with Gasteiger partial charge in [0.05, 0.1) is 14.2 Å². The molecular formula is C16H25NO2. The number of ether oxygens (including phenoxy) is 2. The third kappa shape index (κ3) is 2.44. The second-order valence-electron chi connectivity index (χ2n) is 6.16. The molecule has 1 aromatic rings. The Hall–Kier alpha value is -1.22. The van der Waals surface area contributed by atoms with Gasteiger partial charge in [-0.1, -0.05) is 26.7 Å². The standard InChI is InChI=1S/C16H25NO2/c1-15(2)7-5-6-8-16(15,17)12-9-13(18-3)11-14(10-12)19-4/h9-11H,5-8,17H2,1-4H3. The number of benzene rings is 1. The van der Waals surface area contributed by atoms with Crippen LogP contribution in [0.5, 0.6) is 11.5 Å². The van der Waals surface area contributed by atoms with Crippen molar-refractivity contribution in [1.82, 2.24) is 0 Å². The van der Waals surface area contributed by atoms with Crippen molar-refractivity contribution in [1.29, 1.82) is 0 Å². The molecule has 106 valence electrons. The topological polar surface area (TPSA) is 44.5 Å². The smallest absolute Gasteiger partial charge is 0.122 e. The van der Waals surface area contributed by atoms with Crippen LogP contribution < -0.4 is 15.2 Å². The van der Waals surface area contributed by atoms with E-state index >= 15 is 0 Å². The van der Waals surface area contributed by atoms with Crippen molar-refractivity contribution >= 4 is 0 Å². The van der Waals surface area contributed by atoms with Gasteiger partial charge in [-0.25, -0.2) is 0 Å². The van der Waals surface area contributed by atoms with Gasteiger partial charge in [-0.3, -0.25) is 0 Å². The Morgan fingerprint density at radius 1 is 0.947 bits per heavy atom. The third-order valence-electron chi connectivity index (χ3n) is 4.70. The monoisotopic (exact) mass is 263 g/mol. The van der Waals surface area contributed by atoms with E-state index in [1.165, 1.54) is 12.8 Å². The van der Waals surface area contributed by atoms with Crippen LogP contribution in [-0.2, 0) is 5.54 Å². The summed E-state index contributed by atoms with van der Waals surface area (Å²) < 4.78 is 10.7. The molecule has 2 N–H and O–H groups in total. The maximum Gasteiger partial charge on any atom is 0.122 e. The molecule has 0 spiro atoms. The van der Waals surface area contributed by atoms with Gasteiger partial charge in [-0.2, -0.15) is 0 Å². The Bertz CT molecular complexity index is 434. The van der Waals surface area contributed by atoms with Crippen molar-refractivity contribution in [2.75, 3.05) is 14.2 Å². The molecule has 1 fully saturated rings. The lowest BCUT2D eigenvalue weighted by atomic mass is 9.61. The Balaban J connectivity index is 2.49. The molecule has 0 saturated heterocycles. The molecule has 19 heavy (non-hydrogen) atoms. The fourth-order valence-electron chi connectivity index (χ4n) is 3.13. The van der Waals surface area contributed by atoms with Crippen LogP contribution >= 0.6 is 0 Å². The van der Waals surface area contributed by atoms with Gasteiger partial charge in [-0.05, 0) is 36.0 Å². The first kappa shape index (κ1) is 14.2. The molecule has 1 aromatic carbocycles. The SMILES string of the molecule is COc1cc(OC)cc(C2(N)CCCCC2(C)C)c1. The van der Waals surface area contributed by atoms with Crippen molar-refractivity contribution in [2.45, 2.75) is 45.1 Å². The van der Waals surface area contributed by atoms with E-state index in [9.17, 15) is 0 Å². The van der Waals surface area contributed by atoms with Gasteiger partial charge in [0.2, 0.25) is 0 Å². The van der Waals surface area contributed by atoms with E-state index in [0.29, 0.717) is 0 Å². The predicted octanol–water partition coefficient (Wildman–Crippen LogP) is 3.46. The molecule has 0 bridgehead atoms. The summed E-state index contributed by atoms with van der Waals surface area (Å²) in [5, 5.41) is 0. The van der Waals surface area contributed by atoms with Gasteiger partial charge in [0.25, 0.3) is 0 Å². The third-order valence-corrected chi connectivity index (χ3v) is 4.70. The summed E-state index contributed by atoms with van der Waals surface area (Å²) in [6.07, 6.45) is 4.60. The number of hydrogen-bond acceptors (Lipinski definition) is 3. The summed E-state index contributed by atoms with van der Waals surface area (Å²) in [5.41, 5.74) is 7.69. The zero-order chi connectivity index (χ0) is 14.1. The maximum atomic E-state index is 6.79. The zero-order valence-corrected chi connectivity index (χ0v) is 12.5. The molecule has 0 aromatic heterocycles. The highest BCUT2D eigenvalue weighted by Crippen LogP contribution is 2.49. The van der Waals surface area contributed by atoms with Crippen molar-refractivity contribution in [2.24, 2.45) is 11.1 Å². The zero-order valence-electron chi connectivity index (χ0n) is 12.5. The molecule has 1 saturated carbocycles. The lowest BCUT2D eigenvalue weighted by Crippen LogP contribution is -2.51. The predicted molar refractivity (Wildman–Crippen MR) is 77.7 cm³/mol. The summed E-state index contributed by atoms with van der Waals surface area (Å²) in [4.78, 5) is 0. The van der Waals surface area contributed by atoms with Gasteiger partial charge < -0.3 is 15.2 Å². The fourth-order valence-corrected chi connectivity index (χ4v) is 3.13. The van der Waals surface area contributed by atoms with Crippen LogP contribution in [-0.4, -0.2) is 14.2 Å². The van der Waals surface area contributed by atoms with Crippen LogP contribution in [0.4, 0.5) is 0 Å². The number of hydrogen-bond donors (Lipinski definition) is 1. The molecule has 0 amide bonds. The average molecular weight is 263 g/mol. The molecular weight excluding hydrogens is 238 g/mol. The summed E-state index contributed by atoms with van der Waals surface area (Å²) in [6.45, 7) is 4.52. The molecule has 3 nitrogen and oxygen atoms in total. The van der Waals surface area contributed by atoms with E-state index in [-0.39, 0.29) is 11.0 Å². The number of nitrogens with two attached hydrogens (primary N) is 1. The van der Waals surface area contributed by atoms with Gasteiger partial charge >= 0.3 is 0 Å².